The molecule has 0 saturated carbocycles. The van der Waals surface area contributed by atoms with Crippen molar-refractivity contribution in [2.24, 2.45) is 0 Å². The number of nitro groups is 2. The maximum absolute atomic E-state index is 12.7. The molecule has 118 valence electrons. The lowest BCUT2D eigenvalue weighted by Crippen LogP contribution is -2.47. The summed E-state index contributed by atoms with van der Waals surface area (Å²) in [6.07, 6.45) is 2.70. The maximum Gasteiger partial charge on any atom is 0.289 e. The second kappa shape index (κ2) is 6.08. The third-order valence-electron chi connectivity index (χ3n) is 4.05. The van der Waals surface area contributed by atoms with Crippen molar-refractivity contribution in [3.05, 3.63) is 44.0 Å². The Morgan fingerprint density at radius 1 is 1.14 bits per heavy atom. The van der Waals surface area contributed by atoms with Gasteiger partial charge in [-0.25, -0.2) is 0 Å². The molecule has 0 bridgehead atoms. The predicted octanol–water partition coefficient (Wildman–Crippen LogP) is 2.91. The molecule has 1 aliphatic rings. The summed E-state index contributed by atoms with van der Waals surface area (Å²) < 4.78 is 0. The third-order valence-corrected chi connectivity index (χ3v) is 4.05. The highest BCUT2D eigenvalue weighted by molar-refractivity contribution is 5.99. The number of amides is 1. The van der Waals surface area contributed by atoms with Crippen molar-refractivity contribution in [3.63, 3.8) is 0 Å². The van der Waals surface area contributed by atoms with Crippen molar-refractivity contribution in [1.29, 1.82) is 0 Å². The Kier molecular flexibility index (Phi) is 4.39. The van der Waals surface area contributed by atoms with Crippen LogP contribution in [0.1, 0.15) is 43.5 Å². The van der Waals surface area contributed by atoms with E-state index >= 15 is 0 Å². The number of piperidine rings is 1. The Balaban J connectivity index is 2.44. The summed E-state index contributed by atoms with van der Waals surface area (Å²) in [7, 11) is 0. The van der Waals surface area contributed by atoms with Crippen molar-refractivity contribution in [1.82, 2.24) is 4.90 Å². The van der Waals surface area contributed by atoms with Gasteiger partial charge in [-0.2, -0.15) is 0 Å². The fourth-order valence-corrected chi connectivity index (χ4v) is 2.93. The van der Waals surface area contributed by atoms with Gasteiger partial charge in [0.25, 0.3) is 17.3 Å². The van der Waals surface area contributed by atoms with E-state index in [0.717, 1.165) is 31.4 Å². The molecular formula is C14H17N3O5. The lowest BCUT2D eigenvalue weighted by atomic mass is 9.96. The lowest BCUT2D eigenvalue weighted by molar-refractivity contribution is -0.394. The molecule has 1 aromatic carbocycles. The number of nitrogens with zero attached hydrogens (tertiary/aromatic N) is 3. The summed E-state index contributed by atoms with van der Waals surface area (Å²) in [5.41, 5.74) is -1.02. The van der Waals surface area contributed by atoms with Crippen molar-refractivity contribution in [2.75, 3.05) is 0 Å². The van der Waals surface area contributed by atoms with Crippen LogP contribution in [0.5, 0.6) is 0 Å². The molecule has 0 spiro atoms. The number of carbonyl (C=O) groups is 1. The molecule has 1 aromatic rings. The van der Waals surface area contributed by atoms with Gasteiger partial charge in [0, 0.05) is 18.2 Å². The molecule has 0 unspecified atom stereocenters. The molecule has 8 nitrogen and oxygen atoms in total. The van der Waals surface area contributed by atoms with Crippen LogP contribution in [0.25, 0.3) is 0 Å². The average Bonchev–Trinajstić information content (AvgIpc) is 2.46. The first kappa shape index (κ1) is 15.9. The molecule has 22 heavy (non-hydrogen) atoms. The summed E-state index contributed by atoms with van der Waals surface area (Å²) in [6, 6.07) is 3.12. The van der Waals surface area contributed by atoms with Crippen LogP contribution in [0.4, 0.5) is 11.4 Å². The summed E-state index contributed by atoms with van der Waals surface area (Å²) in [5.74, 6) is -0.443. The summed E-state index contributed by atoms with van der Waals surface area (Å²) >= 11 is 0. The number of likely N-dealkylation sites (tertiary alicyclic amines) is 1. The number of benzene rings is 1. The highest BCUT2D eigenvalue weighted by Crippen LogP contribution is 2.30. The maximum atomic E-state index is 12.7. The van der Waals surface area contributed by atoms with Crippen LogP contribution in [0.2, 0.25) is 0 Å². The van der Waals surface area contributed by atoms with Gasteiger partial charge in [-0.1, -0.05) is 0 Å². The smallest absolute Gasteiger partial charge is 0.289 e. The lowest BCUT2D eigenvalue weighted by Gasteiger charge is -2.39. The third kappa shape index (κ3) is 2.90. The van der Waals surface area contributed by atoms with E-state index in [-0.39, 0.29) is 17.6 Å². The van der Waals surface area contributed by atoms with E-state index < -0.39 is 27.1 Å². The molecule has 2 atom stereocenters. The molecule has 0 aromatic heterocycles. The minimum atomic E-state index is -0.750. The van der Waals surface area contributed by atoms with Crippen LogP contribution in [-0.2, 0) is 0 Å². The average molecular weight is 307 g/mol. The van der Waals surface area contributed by atoms with Crippen molar-refractivity contribution < 1.29 is 14.6 Å². The summed E-state index contributed by atoms with van der Waals surface area (Å²) in [6.45, 7) is 3.82. The zero-order chi connectivity index (χ0) is 16.4. The number of nitro benzene ring substituents is 2. The van der Waals surface area contributed by atoms with Gasteiger partial charge in [-0.3, -0.25) is 25.0 Å². The van der Waals surface area contributed by atoms with Crippen molar-refractivity contribution in [3.8, 4) is 0 Å². The van der Waals surface area contributed by atoms with E-state index in [2.05, 4.69) is 0 Å². The first-order valence-corrected chi connectivity index (χ1v) is 7.08. The molecule has 0 radical (unpaired) electrons. The molecule has 1 aliphatic heterocycles. The number of rotatable bonds is 3. The van der Waals surface area contributed by atoms with Crippen molar-refractivity contribution in [2.45, 2.75) is 45.2 Å². The Hall–Kier alpha value is -2.51. The Morgan fingerprint density at radius 2 is 1.73 bits per heavy atom. The van der Waals surface area contributed by atoms with Gasteiger partial charge >= 0.3 is 0 Å². The van der Waals surface area contributed by atoms with Gasteiger partial charge in [0.1, 0.15) is 5.56 Å². The van der Waals surface area contributed by atoms with Crippen LogP contribution in [0.3, 0.4) is 0 Å². The van der Waals surface area contributed by atoms with Gasteiger partial charge < -0.3 is 4.90 Å². The topological polar surface area (TPSA) is 107 Å². The molecule has 1 amide bonds. The number of hydrogen-bond donors (Lipinski definition) is 0. The largest absolute Gasteiger partial charge is 0.333 e. The van der Waals surface area contributed by atoms with Gasteiger partial charge in [-0.15, -0.1) is 0 Å². The zero-order valence-electron chi connectivity index (χ0n) is 12.4. The molecular weight excluding hydrogens is 290 g/mol. The molecule has 0 N–H and O–H groups in total. The van der Waals surface area contributed by atoms with E-state index in [0.29, 0.717) is 0 Å². The second-order valence-electron chi connectivity index (χ2n) is 5.56. The van der Waals surface area contributed by atoms with E-state index in [1.54, 1.807) is 4.90 Å². The number of carbonyl (C=O) groups excluding carboxylic acids is 1. The highest BCUT2D eigenvalue weighted by atomic mass is 16.6. The van der Waals surface area contributed by atoms with Crippen molar-refractivity contribution >= 4 is 17.3 Å². The first-order chi connectivity index (χ1) is 10.3. The predicted molar refractivity (Wildman–Crippen MR) is 78.7 cm³/mol. The van der Waals surface area contributed by atoms with E-state index in [4.69, 9.17) is 0 Å². The van der Waals surface area contributed by atoms with Crippen LogP contribution in [0.15, 0.2) is 18.2 Å². The van der Waals surface area contributed by atoms with Gasteiger partial charge in [0.15, 0.2) is 0 Å². The van der Waals surface area contributed by atoms with E-state index in [1.165, 1.54) is 6.07 Å². The number of hydrogen-bond acceptors (Lipinski definition) is 5. The standard InChI is InChI=1S/C14H17N3O5/c1-9-4-3-5-10(2)15(9)14(18)12-7-6-11(16(19)20)8-13(12)17(21)22/h6-10H,3-5H2,1-2H3/t9-,10+. The minimum Gasteiger partial charge on any atom is -0.333 e. The molecule has 1 saturated heterocycles. The molecule has 1 heterocycles. The van der Waals surface area contributed by atoms with Gasteiger partial charge in [0.2, 0.25) is 0 Å². The zero-order valence-corrected chi connectivity index (χ0v) is 12.4. The Labute approximate surface area is 127 Å². The van der Waals surface area contributed by atoms with Gasteiger partial charge in [0.05, 0.1) is 15.9 Å². The fourth-order valence-electron chi connectivity index (χ4n) is 2.93. The van der Waals surface area contributed by atoms with Crippen LogP contribution in [0, 0.1) is 20.2 Å². The summed E-state index contributed by atoms with van der Waals surface area (Å²) in [5, 5.41) is 21.9. The molecule has 8 heteroatoms. The first-order valence-electron chi connectivity index (χ1n) is 7.08. The minimum absolute atomic E-state index is 0.00829. The van der Waals surface area contributed by atoms with E-state index in [9.17, 15) is 25.0 Å². The van der Waals surface area contributed by atoms with Gasteiger partial charge in [-0.05, 0) is 39.2 Å². The fraction of sp³-hybridized carbons (Fsp3) is 0.500. The normalized spacial score (nSPS) is 21.5. The highest BCUT2D eigenvalue weighted by Gasteiger charge is 2.34. The molecule has 2 rings (SSSR count). The summed E-state index contributed by atoms with van der Waals surface area (Å²) in [4.78, 5) is 34.8. The van der Waals surface area contributed by atoms with Crippen LogP contribution < -0.4 is 0 Å². The molecule has 0 aliphatic carbocycles. The van der Waals surface area contributed by atoms with Crippen LogP contribution in [-0.4, -0.2) is 32.7 Å². The Morgan fingerprint density at radius 3 is 2.23 bits per heavy atom. The SMILES string of the molecule is C[C@@H]1CCC[C@H](C)N1C(=O)c1ccc([N+](=O)[O-])cc1[N+](=O)[O-]. The van der Waals surface area contributed by atoms with Crippen LogP contribution >= 0.6 is 0 Å². The molecule has 1 fully saturated rings. The Bertz CT molecular complexity index is 621. The number of non-ortho nitro benzene ring substituents is 1. The monoisotopic (exact) mass is 307 g/mol. The van der Waals surface area contributed by atoms with E-state index in [1.807, 2.05) is 13.8 Å². The quantitative estimate of drug-likeness (QED) is 0.630. The second-order valence-corrected chi connectivity index (χ2v) is 5.56.